The van der Waals surface area contributed by atoms with Crippen LogP contribution in [0.5, 0.6) is 5.75 Å². The number of esters is 1. The molecule has 1 aliphatic heterocycles. The Kier molecular flexibility index (Phi) is 34.7. The fourth-order valence-corrected chi connectivity index (χ4v) is 4.11. The van der Waals surface area contributed by atoms with E-state index in [0.717, 1.165) is 0 Å². The Hall–Kier alpha value is -3.71. The van der Waals surface area contributed by atoms with Gasteiger partial charge in [0, 0.05) is 38.0 Å². The van der Waals surface area contributed by atoms with Gasteiger partial charge in [0.15, 0.2) is 0 Å². The molecule has 17 nitrogen and oxygen atoms in total. The van der Waals surface area contributed by atoms with Crippen LogP contribution in [0.3, 0.4) is 0 Å². The minimum atomic E-state index is -0.560. The summed E-state index contributed by atoms with van der Waals surface area (Å²) < 4.78 is 42.2. The van der Waals surface area contributed by atoms with Crippen LogP contribution in [0.25, 0.3) is 0 Å². The Morgan fingerprint density at radius 1 is 0.768 bits per heavy atom. The maximum Gasteiger partial charge on any atom is 0.328 e. The molecule has 324 valence electrons. The molecule has 1 aromatic rings. The molecule has 0 aliphatic carbocycles. The Labute approximate surface area is 333 Å². The van der Waals surface area contributed by atoms with E-state index < -0.39 is 11.6 Å². The maximum absolute atomic E-state index is 12.5. The molecule has 0 unspecified atom stereocenters. The molecule has 4 N–H and O–H groups in total. The molecule has 0 aromatic heterocycles. The van der Waals surface area contributed by atoms with E-state index in [0.29, 0.717) is 103 Å². The second-order valence-electron chi connectivity index (χ2n) is 12.1. The third kappa shape index (κ3) is 29.6. The summed E-state index contributed by atoms with van der Waals surface area (Å²) in [5, 5.41) is 5.01. The lowest BCUT2D eigenvalue weighted by Gasteiger charge is -2.28. The first-order chi connectivity index (χ1) is 26.9. The number of anilines is 1. The van der Waals surface area contributed by atoms with Gasteiger partial charge in [0.1, 0.15) is 17.1 Å². The summed E-state index contributed by atoms with van der Waals surface area (Å²) in [5.41, 5.74) is 5.48. The second kappa shape index (κ2) is 35.7. The zero-order valence-electron chi connectivity index (χ0n) is 35.3. The number of rotatable bonds is 26. The van der Waals surface area contributed by atoms with Crippen LogP contribution in [-0.2, 0) is 47.5 Å². The molecule has 1 heterocycles. The highest BCUT2D eigenvalue weighted by atomic mass is 16.6. The molecule has 1 aromatic carbocycles. The van der Waals surface area contributed by atoms with Gasteiger partial charge in [-0.05, 0) is 45.9 Å². The molecule has 17 heteroatoms. The van der Waals surface area contributed by atoms with E-state index in [2.05, 4.69) is 10.6 Å². The van der Waals surface area contributed by atoms with Gasteiger partial charge in [-0.25, -0.2) is 4.79 Å². The van der Waals surface area contributed by atoms with Crippen molar-refractivity contribution in [3.63, 3.8) is 0 Å². The van der Waals surface area contributed by atoms with Crippen LogP contribution in [0.1, 0.15) is 85.0 Å². The zero-order valence-corrected chi connectivity index (χ0v) is 35.3. The maximum atomic E-state index is 12.5. The molecule has 0 atom stereocenters. The Morgan fingerprint density at radius 2 is 1.27 bits per heavy atom. The fraction of sp³-hybridized carbons (Fsp3) is 0.718. The van der Waals surface area contributed by atoms with Crippen molar-refractivity contribution < 1.29 is 61.9 Å². The second-order valence-corrected chi connectivity index (χ2v) is 12.1. The lowest BCUT2D eigenvalue weighted by atomic mass is 10.1. The third-order valence-corrected chi connectivity index (χ3v) is 6.54. The molecule has 4 amide bonds. The number of carbonyl (C=O) groups is 5. The summed E-state index contributed by atoms with van der Waals surface area (Å²) >= 11 is 0. The predicted molar refractivity (Wildman–Crippen MR) is 213 cm³/mol. The van der Waals surface area contributed by atoms with Crippen molar-refractivity contribution in [3.05, 3.63) is 23.8 Å². The van der Waals surface area contributed by atoms with Crippen molar-refractivity contribution in [2.75, 3.05) is 111 Å². The zero-order chi connectivity index (χ0) is 42.6. The topological polar surface area (TPSA) is 213 Å². The summed E-state index contributed by atoms with van der Waals surface area (Å²) in [5.74, 6) is -0.415. The molecule has 1 fully saturated rings. The van der Waals surface area contributed by atoms with Crippen molar-refractivity contribution in [2.45, 2.75) is 80.3 Å². The van der Waals surface area contributed by atoms with Crippen LogP contribution < -0.4 is 26.0 Å². The van der Waals surface area contributed by atoms with E-state index >= 15 is 0 Å². The molecule has 0 bridgehead atoms. The highest BCUT2D eigenvalue weighted by Gasteiger charge is 2.27. The number of nitrogens with zero attached hydrogens (tertiary/aromatic N) is 1. The van der Waals surface area contributed by atoms with Gasteiger partial charge < -0.3 is 48.9 Å². The molecular weight excluding hydrogens is 732 g/mol. The number of ketones is 1. The highest BCUT2D eigenvalue weighted by molar-refractivity contribution is 6.07. The number of ether oxygens (including phenoxy) is 8. The molecule has 0 saturated carbocycles. The molecule has 1 saturated heterocycles. The van der Waals surface area contributed by atoms with Gasteiger partial charge in [0.25, 0.3) is 5.91 Å². The number of carbonyl (C=O) groups excluding carboxylic acids is 5. The van der Waals surface area contributed by atoms with Crippen LogP contribution in [0.4, 0.5) is 10.5 Å². The summed E-state index contributed by atoms with van der Waals surface area (Å²) in [6, 6.07) is 4.18. The van der Waals surface area contributed by atoms with E-state index in [1.54, 1.807) is 25.1 Å². The van der Waals surface area contributed by atoms with E-state index in [1.165, 1.54) is 12.0 Å². The first-order valence-corrected chi connectivity index (χ1v) is 19.3. The number of Topliss-reactive ketones (excluding diaryl/α,β-unsaturated/α-hetero) is 1. The normalized spacial score (nSPS) is 12.1. The van der Waals surface area contributed by atoms with E-state index in [9.17, 15) is 24.0 Å². The smallest absolute Gasteiger partial charge is 0.328 e. The average molecular weight is 803 g/mol. The Balaban J connectivity index is 0. The molecule has 56 heavy (non-hydrogen) atoms. The number of methoxy groups -OCH3 is 1. The van der Waals surface area contributed by atoms with E-state index in [-0.39, 0.29) is 56.1 Å². The van der Waals surface area contributed by atoms with Crippen LogP contribution in [0.2, 0.25) is 0 Å². The molecule has 1 aliphatic rings. The molecule has 2 rings (SSSR count). The first-order valence-electron chi connectivity index (χ1n) is 19.3. The van der Waals surface area contributed by atoms with Crippen molar-refractivity contribution in [3.8, 4) is 5.75 Å². The number of hydrogen-bond donors (Lipinski definition) is 3. The quantitative estimate of drug-likeness (QED) is 0.0901. The van der Waals surface area contributed by atoms with Crippen LogP contribution in [0, 0.1) is 0 Å². The lowest BCUT2D eigenvalue weighted by Crippen LogP contribution is -2.49. The number of urea groups is 1. The number of hydrogen-bond acceptors (Lipinski definition) is 14. The summed E-state index contributed by atoms with van der Waals surface area (Å²) in [4.78, 5) is 59.6. The van der Waals surface area contributed by atoms with Crippen molar-refractivity contribution in [1.82, 2.24) is 10.6 Å². The van der Waals surface area contributed by atoms with Crippen molar-refractivity contribution in [1.29, 1.82) is 0 Å². The standard InChI is InChI=1S/C25H37N3O9.C10H21NO4.2C2H6/c1-25(2,3)37-22(30)8-11-34-13-15-36-16-14-35-12-9-26-23(31)18-5-6-20(33-4)19(17-18)28-10-7-21(29)27-24(28)32;1-10(12)2-4-13-6-8-15-9-7-14-5-3-11;2*1-2/h5-6,17H,7-16H2,1-4H3,(H,26,31)(H,27,29,32);2-9,11H2,1H3;2*1-2H3. The lowest BCUT2D eigenvalue weighted by molar-refractivity contribution is -0.156. The fourth-order valence-electron chi connectivity index (χ4n) is 4.11. The number of imide groups is 1. The monoisotopic (exact) mass is 802 g/mol. The first kappa shape index (κ1) is 54.4. The van der Waals surface area contributed by atoms with Gasteiger partial charge in [-0.2, -0.15) is 0 Å². The predicted octanol–water partition coefficient (Wildman–Crippen LogP) is 3.68. The van der Waals surface area contributed by atoms with Gasteiger partial charge in [0.2, 0.25) is 5.91 Å². The van der Waals surface area contributed by atoms with Gasteiger partial charge in [-0.1, -0.05) is 27.7 Å². The van der Waals surface area contributed by atoms with Crippen LogP contribution >= 0.6 is 0 Å². The van der Waals surface area contributed by atoms with Gasteiger partial charge in [-0.15, -0.1) is 0 Å². The van der Waals surface area contributed by atoms with E-state index in [4.69, 9.17) is 43.6 Å². The third-order valence-electron chi connectivity index (χ3n) is 6.54. The Morgan fingerprint density at radius 3 is 1.75 bits per heavy atom. The molecule has 0 radical (unpaired) electrons. The van der Waals surface area contributed by atoms with Gasteiger partial charge >= 0.3 is 12.0 Å². The summed E-state index contributed by atoms with van der Waals surface area (Å²) in [6.45, 7) is 21.2. The van der Waals surface area contributed by atoms with E-state index in [1.807, 2.05) is 48.5 Å². The summed E-state index contributed by atoms with van der Waals surface area (Å²) in [6.07, 6.45) is 0.825. The minimum absolute atomic E-state index is 0.145. The Bertz CT molecular complexity index is 1210. The average Bonchev–Trinajstić information content (AvgIpc) is 3.16. The SMILES string of the molecule is CC.CC.CC(=O)CCOCCOCCOCCN.COc1ccc(C(=O)NCCOCCOCCOCCC(=O)OC(C)(C)C)cc1N1CCC(=O)NC1=O. The van der Waals surface area contributed by atoms with Crippen molar-refractivity contribution in [2.24, 2.45) is 5.73 Å². The highest BCUT2D eigenvalue weighted by Crippen LogP contribution is 2.30. The van der Waals surface area contributed by atoms with Gasteiger partial charge in [-0.3, -0.25) is 29.4 Å². The largest absolute Gasteiger partial charge is 0.495 e. The number of nitrogens with one attached hydrogen (secondary N) is 2. The van der Waals surface area contributed by atoms with Gasteiger partial charge in [0.05, 0.1) is 98.5 Å². The number of amides is 4. The van der Waals surface area contributed by atoms with Crippen LogP contribution in [0.15, 0.2) is 18.2 Å². The summed E-state index contributed by atoms with van der Waals surface area (Å²) in [7, 11) is 1.46. The molecule has 0 spiro atoms. The number of nitrogens with two attached hydrogens (primary N) is 1. The number of benzene rings is 1. The van der Waals surface area contributed by atoms with Crippen molar-refractivity contribution >= 4 is 35.3 Å². The van der Waals surface area contributed by atoms with Crippen LogP contribution in [-0.4, -0.2) is 141 Å². The molecular formula is C39H70N4O13. The minimum Gasteiger partial charge on any atom is -0.495 e.